The number of ether oxygens (including phenoxy) is 1. The number of unbranched alkanes of at least 4 members (excludes halogenated alkanes) is 3. The largest absolute Gasteiger partial charge is 0.466 e. The molecule has 0 aliphatic rings. The molecule has 1 unspecified atom stereocenters. The molecule has 0 saturated carbocycles. The molecule has 21 heavy (non-hydrogen) atoms. The molecule has 0 aromatic carbocycles. The maximum Gasteiger partial charge on any atom is 0.305 e. The van der Waals surface area contributed by atoms with Gasteiger partial charge in [-0.15, -0.1) is 0 Å². The van der Waals surface area contributed by atoms with Crippen LogP contribution in [0.1, 0.15) is 66.2 Å². The molecule has 0 aliphatic heterocycles. The number of nitrogens with zero attached hydrogens (tertiary/aromatic N) is 1. The fourth-order valence-corrected chi connectivity index (χ4v) is 1.81. The summed E-state index contributed by atoms with van der Waals surface area (Å²) in [6.07, 6.45) is 5.75. The van der Waals surface area contributed by atoms with Gasteiger partial charge in [0.05, 0.1) is 6.61 Å². The van der Waals surface area contributed by atoms with Crippen LogP contribution in [-0.2, 0) is 9.53 Å². The highest BCUT2D eigenvalue weighted by atomic mass is 16.5. The fraction of sp³-hybridized carbons (Fsp3) is 0.875. The van der Waals surface area contributed by atoms with E-state index < -0.39 is 0 Å². The highest BCUT2D eigenvalue weighted by molar-refractivity contribution is 5.79. The summed E-state index contributed by atoms with van der Waals surface area (Å²) < 4.78 is 4.90. The van der Waals surface area contributed by atoms with Crippen molar-refractivity contribution in [3.05, 3.63) is 0 Å². The zero-order chi connectivity index (χ0) is 15.9. The van der Waals surface area contributed by atoms with Crippen molar-refractivity contribution in [3.8, 4) is 0 Å². The van der Waals surface area contributed by atoms with Crippen molar-refractivity contribution >= 4 is 11.9 Å². The van der Waals surface area contributed by atoms with E-state index in [4.69, 9.17) is 4.74 Å². The van der Waals surface area contributed by atoms with Gasteiger partial charge in [0.2, 0.25) is 0 Å². The lowest BCUT2D eigenvalue weighted by Crippen LogP contribution is -2.42. The van der Waals surface area contributed by atoms with Gasteiger partial charge >= 0.3 is 5.97 Å². The van der Waals surface area contributed by atoms with E-state index in [9.17, 15) is 4.79 Å². The van der Waals surface area contributed by atoms with Crippen LogP contribution in [0.15, 0.2) is 4.99 Å². The Kier molecular flexibility index (Phi) is 12.9. The van der Waals surface area contributed by atoms with Gasteiger partial charge < -0.3 is 15.4 Å². The summed E-state index contributed by atoms with van der Waals surface area (Å²) in [6.45, 7) is 10.4. The summed E-state index contributed by atoms with van der Waals surface area (Å²) in [5.74, 6) is 0.820. The van der Waals surface area contributed by atoms with Gasteiger partial charge in [0.1, 0.15) is 0 Å². The van der Waals surface area contributed by atoms with Gasteiger partial charge in [0, 0.05) is 25.6 Å². The van der Waals surface area contributed by atoms with Gasteiger partial charge in [0.15, 0.2) is 5.96 Å². The lowest BCUT2D eigenvalue weighted by Gasteiger charge is -2.16. The number of nitrogens with one attached hydrogen (secondary N) is 2. The Labute approximate surface area is 129 Å². The zero-order valence-electron chi connectivity index (χ0n) is 14.2. The molecule has 0 aliphatic carbocycles. The lowest BCUT2D eigenvalue weighted by molar-refractivity contribution is -0.143. The lowest BCUT2D eigenvalue weighted by atomic mass is 10.1. The minimum atomic E-state index is -0.0808. The van der Waals surface area contributed by atoms with Crippen molar-refractivity contribution in [2.75, 3.05) is 19.7 Å². The Bertz CT molecular complexity index is 293. The van der Waals surface area contributed by atoms with Crippen LogP contribution in [0, 0.1) is 0 Å². The number of hydrogen-bond acceptors (Lipinski definition) is 3. The van der Waals surface area contributed by atoms with E-state index in [1.54, 1.807) is 0 Å². The molecular formula is C16H33N3O2. The van der Waals surface area contributed by atoms with Gasteiger partial charge in [0.25, 0.3) is 0 Å². The predicted molar refractivity (Wildman–Crippen MR) is 88.6 cm³/mol. The van der Waals surface area contributed by atoms with E-state index in [0.29, 0.717) is 19.1 Å². The van der Waals surface area contributed by atoms with Crippen LogP contribution in [0.3, 0.4) is 0 Å². The second-order valence-electron chi connectivity index (χ2n) is 5.18. The highest BCUT2D eigenvalue weighted by Gasteiger charge is 2.02. The monoisotopic (exact) mass is 299 g/mol. The SMILES string of the molecule is CCNC(=NCCCCCCC(=O)OCC)NC(C)CC. The average Bonchev–Trinajstić information content (AvgIpc) is 2.46. The van der Waals surface area contributed by atoms with Crippen molar-refractivity contribution in [2.24, 2.45) is 4.99 Å². The summed E-state index contributed by atoms with van der Waals surface area (Å²) in [5.41, 5.74) is 0. The van der Waals surface area contributed by atoms with E-state index in [1.807, 2.05) is 6.92 Å². The maximum absolute atomic E-state index is 11.2. The molecule has 0 spiro atoms. The molecule has 0 heterocycles. The summed E-state index contributed by atoms with van der Waals surface area (Å²) in [5, 5.41) is 6.63. The first kappa shape index (κ1) is 19.7. The minimum absolute atomic E-state index is 0.0808. The van der Waals surface area contributed by atoms with Gasteiger partial charge in [-0.1, -0.05) is 19.8 Å². The second-order valence-corrected chi connectivity index (χ2v) is 5.18. The van der Waals surface area contributed by atoms with Crippen molar-refractivity contribution < 1.29 is 9.53 Å². The van der Waals surface area contributed by atoms with Crippen LogP contribution < -0.4 is 10.6 Å². The number of rotatable bonds is 11. The molecule has 5 nitrogen and oxygen atoms in total. The molecule has 2 N–H and O–H groups in total. The van der Waals surface area contributed by atoms with Crippen molar-refractivity contribution in [1.29, 1.82) is 0 Å². The number of esters is 1. The minimum Gasteiger partial charge on any atom is -0.466 e. The van der Waals surface area contributed by atoms with E-state index in [1.165, 1.54) is 0 Å². The first-order valence-corrected chi connectivity index (χ1v) is 8.34. The van der Waals surface area contributed by atoms with Crippen LogP contribution in [0.2, 0.25) is 0 Å². The molecule has 0 aromatic rings. The van der Waals surface area contributed by atoms with Gasteiger partial charge in [-0.3, -0.25) is 9.79 Å². The third-order valence-electron chi connectivity index (χ3n) is 3.20. The number of guanidine groups is 1. The molecule has 0 bridgehead atoms. The first-order valence-electron chi connectivity index (χ1n) is 8.34. The Morgan fingerprint density at radius 2 is 1.86 bits per heavy atom. The quantitative estimate of drug-likeness (QED) is 0.266. The average molecular weight is 299 g/mol. The fourth-order valence-electron chi connectivity index (χ4n) is 1.81. The van der Waals surface area contributed by atoms with Crippen molar-refractivity contribution in [1.82, 2.24) is 10.6 Å². The predicted octanol–water partition coefficient (Wildman–Crippen LogP) is 2.85. The molecule has 0 saturated heterocycles. The number of hydrogen-bond donors (Lipinski definition) is 2. The smallest absolute Gasteiger partial charge is 0.305 e. The zero-order valence-corrected chi connectivity index (χ0v) is 14.2. The van der Waals surface area contributed by atoms with E-state index in [-0.39, 0.29) is 5.97 Å². The molecule has 0 amide bonds. The van der Waals surface area contributed by atoms with E-state index >= 15 is 0 Å². The van der Waals surface area contributed by atoms with Crippen LogP contribution in [0.4, 0.5) is 0 Å². The summed E-state index contributed by atoms with van der Waals surface area (Å²) in [6, 6.07) is 0.437. The third-order valence-corrected chi connectivity index (χ3v) is 3.20. The number of carbonyl (C=O) groups excluding carboxylic acids is 1. The Morgan fingerprint density at radius 1 is 1.14 bits per heavy atom. The van der Waals surface area contributed by atoms with Crippen LogP contribution >= 0.6 is 0 Å². The topological polar surface area (TPSA) is 62.7 Å². The van der Waals surface area contributed by atoms with Gasteiger partial charge in [-0.2, -0.15) is 0 Å². The molecule has 5 heteroatoms. The molecule has 1 atom stereocenters. The Morgan fingerprint density at radius 3 is 2.48 bits per heavy atom. The van der Waals surface area contributed by atoms with Crippen molar-refractivity contribution in [3.63, 3.8) is 0 Å². The summed E-state index contributed by atoms with van der Waals surface area (Å²) >= 11 is 0. The van der Waals surface area contributed by atoms with Gasteiger partial charge in [-0.05, 0) is 40.0 Å². The third kappa shape index (κ3) is 12.2. The Balaban J connectivity index is 3.72. The normalized spacial score (nSPS) is 12.9. The van der Waals surface area contributed by atoms with Crippen LogP contribution in [0.25, 0.3) is 0 Å². The number of carbonyl (C=O) groups is 1. The molecular weight excluding hydrogens is 266 g/mol. The molecule has 0 aromatic heterocycles. The Hall–Kier alpha value is -1.26. The molecule has 0 radical (unpaired) electrons. The summed E-state index contributed by atoms with van der Waals surface area (Å²) in [4.78, 5) is 15.7. The molecule has 124 valence electrons. The van der Waals surface area contributed by atoms with Gasteiger partial charge in [-0.25, -0.2) is 0 Å². The highest BCUT2D eigenvalue weighted by Crippen LogP contribution is 2.04. The second kappa shape index (κ2) is 13.7. The van der Waals surface area contributed by atoms with Crippen LogP contribution in [0.5, 0.6) is 0 Å². The van der Waals surface area contributed by atoms with Crippen molar-refractivity contribution in [2.45, 2.75) is 72.3 Å². The summed E-state index contributed by atoms with van der Waals surface area (Å²) in [7, 11) is 0. The molecule has 0 fully saturated rings. The maximum atomic E-state index is 11.2. The first-order chi connectivity index (χ1) is 10.1. The standard InChI is InChI=1S/C16H33N3O2/c1-5-14(4)19-16(17-6-2)18-13-11-9-8-10-12-15(20)21-7-3/h14H,5-13H2,1-4H3,(H2,17,18,19). The van der Waals surface area contributed by atoms with Crippen LogP contribution in [-0.4, -0.2) is 37.7 Å². The number of aliphatic imine (C=N–C) groups is 1. The van der Waals surface area contributed by atoms with E-state index in [2.05, 4.69) is 36.4 Å². The molecule has 0 rings (SSSR count). The van der Waals surface area contributed by atoms with E-state index in [0.717, 1.165) is 51.2 Å².